The fourth-order valence-corrected chi connectivity index (χ4v) is 2.36. The SMILES string of the molecule is CN/C(=C(\C(C)=O)C(C)C)c1ccc(OC)c(CO)c1. The van der Waals surface area contributed by atoms with E-state index in [1.54, 1.807) is 27.1 Å². The van der Waals surface area contributed by atoms with Crippen molar-refractivity contribution in [2.75, 3.05) is 14.2 Å². The van der Waals surface area contributed by atoms with E-state index in [1.807, 2.05) is 26.0 Å². The fraction of sp³-hybridized carbons (Fsp3) is 0.438. The number of carbonyl (C=O) groups excluding carboxylic acids is 1. The van der Waals surface area contributed by atoms with Gasteiger partial charge in [0.25, 0.3) is 0 Å². The molecule has 0 aliphatic rings. The van der Waals surface area contributed by atoms with Gasteiger partial charge < -0.3 is 15.2 Å². The van der Waals surface area contributed by atoms with Crippen molar-refractivity contribution in [1.29, 1.82) is 0 Å². The normalized spacial score (nSPS) is 12.2. The van der Waals surface area contributed by atoms with Crippen molar-refractivity contribution in [3.8, 4) is 5.75 Å². The summed E-state index contributed by atoms with van der Waals surface area (Å²) in [6.07, 6.45) is 0. The molecule has 110 valence electrons. The van der Waals surface area contributed by atoms with Crippen LogP contribution in [0.5, 0.6) is 5.75 Å². The molecule has 0 fully saturated rings. The number of hydrogen-bond donors (Lipinski definition) is 2. The minimum absolute atomic E-state index is 0.0470. The molecule has 0 aliphatic carbocycles. The standard InChI is InChI=1S/C16H23NO3/c1-10(2)15(11(3)19)16(17-4)12-6-7-14(20-5)13(8-12)9-18/h6-8,10,17-18H,9H2,1-5H3/b16-15-. The molecule has 2 N–H and O–H groups in total. The monoisotopic (exact) mass is 277 g/mol. The van der Waals surface area contributed by atoms with Crippen molar-refractivity contribution in [1.82, 2.24) is 5.32 Å². The van der Waals surface area contributed by atoms with Gasteiger partial charge in [-0.05, 0) is 36.6 Å². The van der Waals surface area contributed by atoms with Crippen molar-refractivity contribution in [2.45, 2.75) is 27.4 Å². The molecule has 1 rings (SSSR count). The molecule has 1 aromatic carbocycles. The lowest BCUT2D eigenvalue weighted by Crippen LogP contribution is -2.16. The van der Waals surface area contributed by atoms with Crippen LogP contribution in [0.3, 0.4) is 0 Å². The molecule has 0 bridgehead atoms. The topological polar surface area (TPSA) is 58.6 Å². The first-order valence-electron chi connectivity index (χ1n) is 6.67. The number of benzene rings is 1. The Balaban J connectivity index is 3.45. The molecular formula is C16H23NO3. The summed E-state index contributed by atoms with van der Waals surface area (Å²) in [5.41, 5.74) is 3.12. The van der Waals surface area contributed by atoms with Crippen LogP contribution in [0.1, 0.15) is 31.9 Å². The highest BCUT2D eigenvalue weighted by molar-refractivity contribution is 6.01. The molecule has 4 heteroatoms. The lowest BCUT2D eigenvalue weighted by Gasteiger charge is -2.18. The number of carbonyl (C=O) groups is 1. The lowest BCUT2D eigenvalue weighted by atomic mass is 9.93. The van der Waals surface area contributed by atoms with E-state index in [0.717, 1.165) is 16.8 Å². The Morgan fingerprint density at radius 2 is 2.05 bits per heavy atom. The Bertz CT molecular complexity index is 518. The smallest absolute Gasteiger partial charge is 0.158 e. The van der Waals surface area contributed by atoms with Gasteiger partial charge in [-0.15, -0.1) is 0 Å². The highest BCUT2D eigenvalue weighted by atomic mass is 16.5. The number of aliphatic hydroxyl groups is 1. The number of allylic oxidation sites excluding steroid dienone is 1. The van der Waals surface area contributed by atoms with E-state index in [9.17, 15) is 9.90 Å². The average Bonchev–Trinajstić information content (AvgIpc) is 2.42. The molecule has 0 unspecified atom stereocenters. The van der Waals surface area contributed by atoms with Gasteiger partial charge >= 0.3 is 0 Å². The van der Waals surface area contributed by atoms with Gasteiger partial charge in [0.15, 0.2) is 5.78 Å². The summed E-state index contributed by atoms with van der Waals surface area (Å²) in [6, 6.07) is 5.53. The molecule has 0 aliphatic heterocycles. The third-order valence-electron chi connectivity index (χ3n) is 3.22. The van der Waals surface area contributed by atoms with Gasteiger partial charge in [0.05, 0.1) is 13.7 Å². The predicted molar refractivity (Wildman–Crippen MR) is 80.4 cm³/mol. The van der Waals surface area contributed by atoms with Gasteiger partial charge in [-0.2, -0.15) is 0 Å². The zero-order chi connectivity index (χ0) is 15.3. The van der Waals surface area contributed by atoms with E-state index in [0.29, 0.717) is 11.3 Å². The largest absolute Gasteiger partial charge is 0.496 e. The Morgan fingerprint density at radius 1 is 1.40 bits per heavy atom. The van der Waals surface area contributed by atoms with Crippen molar-refractivity contribution in [2.24, 2.45) is 5.92 Å². The third kappa shape index (κ3) is 3.39. The molecule has 0 aromatic heterocycles. The van der Waals surface area contributed by atoms with Gasteiger partial charge in [-0.3, -0.25) is 4.79 Å². The third-order valence-corrected chi connectivity index (χ3v) is 3.22. The number of ketones is 1. The van der Waals surface area contributed by atoms with Crippen LogP contribution in [0.2, 0.25) is 0 Å². The van der Waals surface area contributed by atoms with E-state index in [2.05, 4.69) is 5.32 Å². The molecule has 1 aromatic rings. The van der Waals surface area contributed by atoms with Crippen LogP contribution in [0, 0.1) is 5.92 Å². The van der Waals surface area contributed by atoms with Crippen LogP contribution in [0.4, 0.5) is 0 Å². The van der Waals surface area contributed by atoms with Crippen molar-refractivity contribution >= 4 is 11.5 Å². The van der Waals surface area contributed by atoms with Crippen LogP contribution < -0.4 is 10.1 Å². The zero-order valence-corrected chi connectivity index (χ0v) is 12.8. The molecule has 4 nitrogen and oxygen atoms in total. The van der Waals surface area contributed by atoms with Gasteiger partial charge in [-0.25, -0.2) is 0 Å². The van der Waals surface area contributed by atoms with Gasteiger partial charge in [0.1, 0.15) is 5.75 Å². The maximum absolute atomic E-state index is 11.9. The molecule has 0 saturated carbocycles. The van der Waals surface area contributed by atoms with Crippen LogP contribution in [0.25, 0.3) is 5.70 Å². The quantitative estimate of drug-likeness (QED) is 0.784. The number of nitrogens with one attached hydrogen (secondary N) is 1. The molecule has 0 atom stereocenters. The first-order chi connectivity index (χ1) is 9.46. The van der Waals surface area contributed by atoms with E-state index in [-0.39, 0.29) is 18.3 Å². The minimum atomic E-state index is -0.106. The van der Waals surface area contributed by atoms with Crippen LogP contribution in [-0.4, -0.2) is 25.0 Å². The summed E-state index contributed by atoms with van der Waals surface area (Å²) in [7, 11) is 3.36. The van der Waals surface area contributed by atoms with E-state index in [1.165, 1.54) is 0 Å². The average molecular weight is 277 g/mol. The van der Waals surface area contributed by atoms with Crippen molar-refractivity contribution < 1.29 is 14.6 Å². The molecule has 0 heterocycles. The molecule has 0 spiro atoms. The number of methoxy groups -OCH3 is 1. The van der Waals surface area contributed by atoms with Crippen molar-refractivity contribution in [3.63, 3.8) is 0 Å². The second-order valence-corrected chi connectivity index (χ2v) is 4.93. The summed E-state index contributed by atoms with van der Waals surface area (Å²) in [5.74, 6) is 0.806. The van der Waals surface area contributed by atoms with Crippen LogP contribution in [-0.2, 0) is 11.4 Å². The molecule has 0 saturated heterocycles. The Kier molecular flexibility index (Phi) is 5.77. The summed E-state index contributed by atoms with van der Waals surface area (Å²) in [6.45, 7) is 5.45. The number of Topliss-reactive ketones (excluding diaryl/α,β-unsaturated/α-hetero) is 1. The minimum Gasteiger partial charge on any atom is -0.496 e. The summed E-state index contributed by atoms with van der Waals surface area (Å²) >= 11 is 0. The first-order valence-corrected chi connectivity index (χ1v) is 6.67. The highest BCUT2D eigenvalue weighted by Gasteiger charge is 2.17. The maximum atomic E-state index is 11.9. The number of hydrogen-bond acceptors (Lipinski definition) is 4. The van der Waals surface area contributed by atoms with E-state index < -0.39 is 0 Å². The van der Waals surface area contributed by atoms with Gasteiger partial charge in [0.2, 0.25) is 0 Å². The second kappa shape index (κ2) is 7.10. The Labute approximate surface area is 120 Å². The molecule has 0 radical (unpaired) electrons. The number of rotatable bonds is 6. The Hall–Kier alpha value is -1.81. The molecule has 0 amide bonds. The van der Waals surface area contributed by atoms with E-state index >= 15 is 0 Å². The van der Waals surface area contributed by atoms with Crippen LogP contribution >= 0.6 is 0 Å². The fourth-order valence-electron chi connectivity index (χ4n) is 2.36. The first kappa shape index (κ1) is 16.2. The number of ether oxygens (including phenoxy) is 1. The van der Waals surface area contributed by atoms with Crippen molar-refractivity contribution in [3.05, 3.63) is 34.9 Å². The summed E-state index contributed by atoms with van der Waals surface area (Å²) < 4.78 is 5.20. The molecular weight excluding hydrogens is 254 g/mol. The predicted octanol–water partition coefficient (Wildman–Crippen LogP) is 2.36. The lowest BCUT2D eigenvalue weighted by molar-refractivity contribution is -0.114. The Morgan fingerprint density at radius 3 is 2.45 bits per heavy atom. The zero-order valence-electron chi connectivity index (χ0n) is 12.8. The van der Waals surface area contributed by atoms with Gasteiger partial charge in [0, 0.05) is 23.9 Å². The highest BCUT2D eigenvalue weighted by Crippen LogP contribution is 2.27. The molecule has 20 heavy (non-hydrogen) atoms. The van der Waals surface area contributed by atoms with Crippen LogP contribution in [0.15, 0.2) is 23.8 Å². The summed E-state index contributed by atoms with van der Waals surface area (Å²) in [5, 5.41) is 12.5. The van der Waals surface area contributed by atoms with Gasteiger partial charge in [-0.1, -0.05) is 13.8 Å². The number of aliphatic hydroxyl groups excluding tert-OH is 1. The van der Waals surface area contributed by atoms with E-state index in [4.69, 9.17) is 4.74 Å². The maximum Gasteiger partial charge on any atom is 0.158 e. The second-order valence-electron chi connectivity index (χ2n) is 4.93. The summed E-state index contributed by atoms with van der Waals surface area (Å²) in [4.78, 5) is 11.9.